The van der Waals surface area contributed by atoms with Crippen molar-refractivity contribution in [1.29, 1.82) is 5.26 Å². The zero-order valence-electron chi connectivity index (χ0n) is 30.3. The molecule has 4 aromatic rings. The third-order valence-electron chi connectivity index (χ3n) is 10.9. The molecule has 4 aliphatic heterocycles. The number of piperazine rings is 1. The lowest BCUT2D eigenvalue weighted by Gasteiger charge is -2.56. The molecule has 8 heterocycles. The summed E-state index contributed by atoms with van der Waals surface area (Å²) < 4.78 is 24.8. The number of nitrogens with zero attached hydrogens (tertiary/aromatic N) is 8. The van der Waals surface area contributed by atoms with Gasteiger partial charge in [0.15, 0.2) is 0 Å². The minimum absolute atomic E-state index is 0.134. The number of hydrogen-bond acceptors (Lipinski definition) is 11. The fourth-order valence-corrected chi connectivity index (χ4v) is 8.33. The molecule has 2 atom stereocenters. The number of methoxy groups -OCH3 is 1. The molecule has 13 heteroatoms. The topological polar surface area (TPSA) is 131 Å². The van der Waals surface area contributed by atoms with Crippen molar-refractivity contribution in [3.63, 3.8) is 0 Å². The highest BCUT2D eigenvalue weighted by atomic mass is 16.6. The number of aromatic nitrogens is 4. The summed E-state index contributed by atoms with van der Waals surface area (Å²) in [4.78, 5) is 28.5. The number of carbonyl (C=O) groups is 1. The molecule has 0 N–H and O–H groups in total. The zero-order chi connectivity index (χ0) is 36.0. The van der Waals surface area contributed by atoms with Gasteiger partial charge in [0, 0.05) is 74.4 Å². The van der Waals surface area contributed by atoms with Crippen LogP contribution in [-0.2, 0) is 16.0 Å². The molecule has 1 amide bonds. The van der Waals surface area contributed by atoms with Crippen molar-refractivity contribution in [1.82, 2.24) is 29.4 Å². The van der Waals surface area contributed by atoms with Gasteiger partial charge in [-0.25, -0.2) is 19.3 Å². The molecule has 1 spiro atoms. The quantitative estimate of drug-likeness (QED) is 0.199. The van der Waals surface area contributed by atoms with Crippen LogP contribution in [0.25, 0.3) is 16.6 Å². The van der Waals surface area contributed by atoms with Crippen molar-refractivity contribution in [2.45, 2.75) is 76.8 Å². The summed E-state index contributed by atoms with van der Waals surface area (Å²) in [5.74, 6) is 2.22. The van der Waals surface area contributed by atoms with Gasteiger partial charge in [-0.1, -0.05) is 6.07 Å². The Morgan fingerprint density at radius 3 is 2.58 bits per heavy atom. The lowest BCUT2D eigenvalue weighted by atomic mass is 9.66. The van der Waals surface area contributed by atoms with Crippen LogP contribution in [0.5, 0.6) is 11.6 Å². The number of piperidine rings is 1. The smallest absolute Gasteiger partial charge is 0.410 e. The molecule has 1 aliphatic carbocycles. The number of pyridine rings is 3. The molecule has 5 aliphatic rings. The highest BCUT2D eigenvalue weighted by Gasteiger charge is 2.50. The predicted octanol–water partition coefficient (Wildman–Crippen LogP) is 5.32. The Bertz CT molecular complexity index is 1950. The van der Waals surface area contributed by atoms with Gasteiger partial charge < -0.3 is 28.7 Å². The van der Waals surface area contributed by atoms with E-state index in [9.17, 15) is 10.1 Å². The molecule has 2 bridgehead atoms. The monoisotopic (exact) mass is 706 g/mol. The molecule has 52 heavy (non-hydrogen) atoms. The first-order chi connectivity index (χ1) is 25.1. The molecule has 4 saturated heterocycles. The average molecular weight is 707 g/mol. The van der Waals surface area contributed by atoms with E-state index in [-0.39, 0.29) is 17.6 Å². The van der Waals surface area contributed by atoms with Gasteiger partial charge in [0.1, 0.15) is 29.8 Å². The number of likely N-dealkylation sites (tertiary alicyclic amines) is 1. The second-order valence-electron chi connectivity index (χ2n) is 15.7. The molecular weight excluding hydrogens is 660 g/mol. The molecule has 5 fully saturated rings. The minimum Gasteiger partial charge on any atom is -0.490 e. The Morgan fingerprint density at radius 1 is 1.06 bits per heavy atom. The first-order valence-electron chi connectivity index (χ1n) is 18.2. The summed E-state index contributed by atoms with van der Waals surface area (Å²) in [6.07, 6.45) is 11.2. The minimum atomic E-state index is -0.491. The van der Waals surface area contributed by atoms with Crippen molar-refractivity contribution in [2.24, 2.45) is 5.41 Å². The van der Waals surface area contributed by atoms with Crippen LogP contribution >= 0.6 is 0 Å². The van der Waals surface area contributed by atoms with E-state index >= 15 is 0 Å². The molecule has 4 aromatic heterocycles. The van der Waals surface area contributed by atoms with Crippen LogP contribution in [0.1, 0.15) is 57.6 Å². The molecule has 13 nitrogen and oxygen atoms in total. The van der Waals surface area contributed by atoms with Crippen molar-refractivity contribution >= 4 is 17.4 Å². The van der Waals surface area contributed by atoms with Crippen LogP contribution in [0.4, 0.5) is 10.6 Å². The molecule has 2 unspecified atom stereocenters. The van der Waals surface area contributed by atoms with E-state index in [1.54, 1.807) is 24.0 Å². The Balaban J connectivity index is 0.862. The summed E-state index contributed by atoms with van der Waals surface area (Å²) >= 11 is 0. The van der Waals surface area contributed by atoms with Gasteiger partial charge >= 0.3 is 6.09 Å². The van der Waals surface area contributed by atoms with E-state index in [1.807, 2.05) is 50.2 Å². The van der Waals surface area contributed by atoms with Crippen molar-refractivity contribution in [3.05, 3.63) is 66.2 Å². The Labute approximate surface area is 304 Å². The maximum atomic E-state index is 12.5. The van der Waals surface area contributed by atoms with Crippen LogP contribution in [0.2, 0.25) is 0 Å². The highest BCUT2D eigenvalue weighted by Crippen LogP contribution is 2.49. The second kappa shape index (κ2) is 13.6. The maximum absolute atomic E-state index is 12.5. The van der Waals surface area contributed by atoms with E-state index in [2.05, 4.69) is 44.2 Å². The number of fused-ring (bicyclic) bond motifs is 3. The normalized spacial score (nSPS) is 24.0. The summed E-state index contributed by atoms with van der Waals surface area (Å²) in [6.45, 7) is 10.7. The van der Waals surface area contributed by atoms with E-state index in [0.717, 1.165) is 74.4 Å². The van der Waals surface area contributed by atoms with Gasteiger partial charge in [-0.15, -0.1) is 0 Å². The Kier molecular flexibility index (Phi) is 8.91. The Morgan fingerprint density at radius 2 is 1.88 bits per heavy atom. The van der Waals surface area contributed by atoms with Crippen LogP contribution < -0.4 is 14.4 Å². The number of ether oxygens (including phenoxy) is 4. The van der Waals surface area contributed by atoms with Gasteiger partial charge in [-0.3, -0.25) is 4.90 Å². The zero-order valence-corrected chi connectivity index (χ0v) is 30.3. The number of nitriles is 1. The van der Waals surface area contributed by atoms with E-state index in [0.29, 0.717) is 42.5 Å². The molecule has 0 radical (unpaired) electrons. The van der Waals surface area contributed by atoms with Gasteiger partial charge in [-0.2, -0.15) is 10.4 Å². The van der Waals surface area contributed by atoms with Gasteiger partial charge in [0.05, 0.1) is 43.3 Å². The van der Waals surface area contributed by atoms with Crippen LogP contribution in [0.15, 0.2) is 55.1 Å². The summed E-state index contributed by atoms with van der Waals surface area (Å²) in [7, 11) is 1.63. The third kappa shape index (κ3) is 6.85. The molecular formula is C39H46N8O5. The molecule has 9 rings (SSSR count). The average Bonchev–Trinajstić information content (AvgIpc) is 3.77. The van der Waals surface area contributed by atoms with Crippen LogP contribution in [-0.4, -0.2) is 106 Å². The van der Waals surface area contributed by atoms with Gasteiger partial charge in [0.25, 0.3) is 0 Å². The van der Waals surface area contributed by atoms with Gasteiger partial charge in [-0.05, 0) is 75.6 Å². The summed E-state index contributed by atoms with van der Waals surface area (Å²) in [5, 5.41) is 14.3. The maximum Gasteiger partial charge on any atom is 0.410 e. The lowest BCUT2D eigenvalue weighted by Crippen LogP contribution is -2.68. The van der Waals surface area contributed by atoms with Crippen molar-refractivity contribution in [3.8, 4) is 28.8 Å². The van der Waals surface area contributed by atoms with E-state index in [4.69, 9.17) is 23.9 Å². The largest absolute Gasteiger partial charge is 0.490 e. The first-order valence-corrected chi connectivity index (χ1v) is 18.2. The standard InChI is InChI=1S/C39H46N8O5/c1-38(2,3)52-37(48)44-10-9-39(25-44)15-32(16-39)51-12-11-50-31-14-33(36-28(17-40)20-43-47(36)24-31)27-6-7-34(41-19-27)45-22-29-13-30(23-45)46(29)21-26-5-8-35(49-4)42-18-26/h5-8,14,18-20,24,29-30,32H,9-13,15-16,21-23,25H2,1-4H3. The second-order valence-corrected chi connectivity index (χ2v) is 15.7. The molecule has 1 saturated carbocycles. The Hall–Kier alpha value is -4.93. The van der Waals surface area contributed by atoms with Crippen LogP contribution in [0.3, 0.4) is 0 Å². The SMILES string of the molecule is COc1ccc(CN2C3CC2CN(c2ccc(-c4cc(OCCOC5CC6(CCN(C(=O)OC(C)(C)C)C6)C5)cn5ncc(C#N)c45)cn2)C3)cn1. The summed E-state index contributed by atoms with van der Waals surface area (Å²) in [5.41, 5.74) is 3.78. The number of anilines is 1. The molecule has 0 aromatic carbocycles. The number of carbonyl (C=O) groups excluding carboxylic acids is 1. The van der Waals surface area contributed by atoms with Crippen molar-refractivity contribution < 1.29 is 23.7 Å². The fraction of sp³-hybridized carbons (Fsp3) is 0.513. The summed E-state index contributed by atoms with van der Waals surface area (Å²) in [6, 6.07) is 13.3. The van der Waals surface area contributed by atoms with Crippen LogP contribution in [0, 0.1) is 16.7 Å². The molecule has 272 valence electrons. The van der Waals surface area contributed by atoms with Gasteiger partial charge in [0.2, 0.25) is 5.88 Å². The predicted molar refractivity (Wildman–Crippen MR) is 193 cm³/mol. The lowest BCUT2D eigenvalue weighted by molar-refractivity contribution is -0.0820. The van der Waals surface area contributed by atoms with Crippen molar-refractivity contribution in [2.75, 3.05) is 51.4 Å². The fourth-order valence-electron chi connectivity index (χ4n) is 8.33. The first kappa shape index (κ1) is 34.2. The van der Waals surface area contributed by atoms with E-state index in [1.165, 1.54) is 12.0 Å². The van der Waals surface area contributed by atoms with E-state index < -0.39 is 5.60 Å². The number of hydrogen-bond donors (Lipinski definition) is 0. The number of amides is 1. The number of rotatable bonds is 10. The third-order valence-corrected chi connectivity index (χ3v) is 10.9. The highest BCUT2D eigenvalue weighted by molar-refractivity contribution is 5.85.